The normalized spacial score (nSPS) is 32.4. The van der Waals surface area contributed by atoms with Gasteiger partial charge in [0.15, 0.2) is 0 Å². The second-order valence-corrected chi connectivity index (χ2v) is 3.51. The van der Waals surface area contributed by atoms with Gasteiger partial charge in [0.2, 0.25) is 0 Å². The van der Waals surface area contributed by atoms with Gasteiger partial charge in [0, 0.05) is 5.57 Å². The summed E-state index contributed by atoms with van der Waals surface area (Å²) in [4.78, 5) is 22.6. The van der Waals surface area contributed by atoms with Gasteiger partial charge in [-0.1, -0.05) is 12.7 Å². The van der Waals surface area contributed by atoms with E-state index in [0.717, 1.165) is 11.1 Å². The highest BCUT2D eigenvalue weighted by molar-refractivity contribution is 6.02. The molecule has 3 rings (SSSR count). The van der Waals surface area contributed by atoms with Crippen molar-refractivity contribution in [2.45, 2.75) is 0 Å². The lowest BCUT2D eigenvalue weighted by molar-refractivity contribution is -0.153. The van der Waals surface area contributed by atoms with E-state index in [1.165, 1.54) is 0 Å². The lowest BCUT2D eigenvalue weighted by atomic mass is 9.82. The molecule has 0 N–H and O–H groups in total. The van der Waals surface area contributed by atoms with Crippen LogP contribution in [0.5, 0.6) is 0 Å². The molecule has 0 radical (unpaired) electrons. The van der Waals surface area contributed by atoms with Crippen LogP contribution in [0.2, 0.25) is 0 Å². The van der Waals surface area contributed by atoms with Gasteiger partial charge >= 0.3 is 11.9 Å². The smallest absolute Gasteiger partial charge is 0.322 e. The monoisotopic (exact) mass is 186 g/mol. The van der Waals surface area contributed by atoms with E-state index in [-0.39, 0.29) is 0 Å². The molecule has 2 atom stereocenters. The Morgan fingerprint density at radius 3 is 2.86 bits per heavy atom. The molecule has 0 bridgehead atoms. The first kappa shape index (κ1) is 7.54. The summed E-state index contributed by atoms with van der Waals surface area (Å²) in [5, 5.41) is 0. The Morgan fingerprint density at radius 1 is 1.36 bits per heavy atom. The SMILES string of the molecule is C=C=C1C2=CC2=CC2C(=O)OC(=O)C12. The third-order valence-electron chi connectivity index (χ3n) is 2.76. The molecule has 1 aliphatic heterocycles. The lowest BCUT2D eigenvalue weighted by Gasteiger charge is -2.14. The Labute approximate surface area is 80.0 Å². The molecular formula is C11H6O3. The minimum absolute atomic E-state index is 0.454. The third-order valence-corrected chi connectivity index (χ3v) is 2.76. The van der Waals surface area contributed by atoms with Crippen LogP contribution in [0.4, 0.5) is 0 Å². The van der Waals surface area contributed by atoms with Crippen LogP contribution >= 0.6 is 0 Å². The number of rotatable bonds is 0. The van der Waals surface area contributed by atoms with Gasteiger partial charge in [-0.15, -0.1) is 5.73 Å². The van der Waals surface area contributed by atoms with Crippen LogP contribution in [0.25, 0.3) is 0 Å². The summed E-state index contributed by atoms with van der Waals surface area (Å²) < 4.78 is 4.57. The topological polar surface area (TPSA) is 43.4 Å². The molecule has 0 saturated carbocycles. The summed E-state index contributed by atoms with van der Waals surface area (Å²) in [5.74, 6) is -1.89. The fourth-order valence-electron chi connectivity index (χ4n) is 2.03. The molecule has 2 aliphatic carbocycles. The molecule has 0 amide bonds. The number of carbonyl (C=O) groups excluding carboxylic acids is 2. The third kappa shape index (κ3) is 0.727. The van der Waals surface area contributed by atoms with Crippen LogP contribution < -0.4 is 0 Å². The molecule has 68 valence electrons. The molecule has 1 saturated heterocycles. The molecule has 3 nitrogen and oxygen atoms in total. The Bertz CT molecular complexity index is 487. The van der Waals surface area contributed by atoms with Crippen molar-refractivity contribution in [3.8, 4) is 0 Å². The molecule has 2 unspecified atom stereocenters. The van der Waals surface area contributed by atoms with Crippen molar-refractivity contribution in [2.75, 3.05) is 0 Å². The second kappa shape index (κ2) is 2.14. The summed E-state index contributed by atoms with van der Waals surface area (Å²) in [6, 6.07) is 0. The van der Waals surface area contributed by atoms with E-state index in [2.05, 4.69) is 17.0 Å². The molecule has 3 heteroatoms. The largest absolute Gasteiger partial charge is 0.392 e. The van der Waals surface area contributed by atoms with Crippen molar-refractivity contribution in [1.29, 1.82) is 0 Å². The fraction of sp³-hybridized carbons (Fsp3) is 0.182. The van der Waals surface area contributed by atoms with E-state index in [1.807, 2.05) is 6.08 Å². The number of carbonyl (C=O) groups is 2. The first-order valence-electron chi connectivity index (χ1n) is 4.32. The zero-order chi connectivity index (χ0) is 9.87. The van der Waals surface area contributed by atoms with E-state index in [9.17, 15) is 9.59 Å². The Balaban J connectivity index is 2.19. The highest BCUT2D eigenvalue weighted by Crippen LogP contribution is 2.48. The fourth-order valence-corrected chi connectivity index (χ4v) is 2.03. The highest BCUT2D eigenvalue weighted by Gasteiger charge is 2.50. The predicted octanol–water partition coefficient (Wildman–Crippen LogP) is 0.893. The van der Waals surface area contributed by atoms with Gasteiger partial charge in [-0.2, -0.15) is 0 Å². The number of allylic oxidation sites excluding steroid dienone is 3. The zero-order valence-electron chi connectivity index (χ0n) is 7.24. The maximum absolute atomic E-state index is 11.4. The second-order valence-electron chi connectivity index (χ2n) is 3.51. The number of ether oxygens (including phenoxy) is 1. The maximum atomic E-state index is 11.4. The van der Waals surface area contributed by atoms with Gasteiger partial charge in [-0.05, 0) is 17.2 Å². The maximum Gasteiger partial charge on any atom is 0.322 e. The van der Waals surface area contributed by atoms with Crippen LogP contribution in [0.3, 0.4) is 0 Å². The molecule has 3 aliphatic rings. The summed E-state index contributed by atoms with van der Waals surface area (Å²) in [5.41, 5.74) is 5.44. The minimum atomic E-state index is -0.502. The molecule has 1 fully saturated rings. The summed E-state index contributed by atoms with van der Waals surface area (Å²) in [6.45, 7) is 3.53. The standard InChI is InChI=1S/C11H6O3/c1-2-6-7-3-5(7)4-8-9(6)11(13)14-10(8)12/h3-4,8-9H,1H2. The van der Waals surface area contributed by atoms with Crippen LogP contribution in [0, 0.1) is 11.8 Å². The van der Waals surface area contributed by atoms with E-state index in [0.29, 0.717) is 5.57 Å². The number of esters is 2. The molecule has 0 aromatic rings. The average molecular weight is 186 g/mol. The average Bonchev–Trinajstić information content (AvgIpc) is 2.87. The van der Waals surface area contributed by atoms with Crippen LogP contribution in [-0.2, 0) is 14.3 Å². The first-order chi connectivity index (χ1) is 6.72. The summed E-state index contributed by atoms with van der Waals surface area (Å²) in [6.07, 6.45) is 3.71. The molecule has 0 aromatic carbocycles. The Morgan fingerprint density at radius 2 is 2.14 bits per heavy atom. The van der Waals surface area contributed by atoms with Crippen molar-refractivity contribution < 1.29 is 14.3 Å². The summed E-state index contributed by atoms with van der Waals surface area (Å²) >= 11 is 0. The van der Waals surface area contributed by atoms with Crippen molar-refractivity contribution in [1.82, 2.24) is 0 Å². The van der Waals surface area contributed by atoms with Crippen molar-refractivity contribution in [2.24, 2.45) is 11.8 Å². The van der Waals surface area contributed by atoms with Gasteiger partial charge in [0.25, 0.3) is 0 Å². The first-order valence-corrected chi connectivity index (χ1v) is 4.32. The van der Waals surface area contributed by atoms with E-state index in [4.69, 9.17) is 0 Å². The van der Waals surface area contributed by atoms with Gasteiger partial charge in [0.1, 0.15) is 5.92 Å². The predicted molar refractivity (Wildman–Crippen MR) is 46.9 cm³/mol. The van der Waals surface area contributed by atoms with Crippen molar-refractivity contribution in [3.63, 3.8) is 0 Å². The molecule has 14 heavy (non-hydrogen) atoms. The molecule has 0 spiro atoms. The van der Waals surface area contributed by atoms with E-state index >= 15 is 0 Å². The summed E-state index contributed by atoms with van der Waals surface area (Å²) in [7, 11) is 0. The van der Waals surface area contributed by atoms with Crippen LogP contribution in [-0.4, -0.2) is 11.9 Å². The highest BCUT2D eigenvalue weighted by atomic mass is 16.6. The van der Waals surface area contributed by atoms with Crippen LogP contribution in [0.15, 0.2) is 41.2 Å². The zero-order valence-corrected chi connectivity index (χ0v) is 7.24. The molecule has 1 heterocycles. The Kier molecular flexibility index (Phi) is 1.15. The number of fused-ring (bicyclic) bond motifs is 2. The van der Waals surface area contributed by atoms with E-state index < -0.39 is 23.8 Å². The number of hydrogen-bond acceptors (Lipinski definition) is 3. The number of cyclic esters (lactones) is 2. The molecule has 0 aromatic heterocycles. The van der Waals surface area contributed by atoms with E-state index in [1.54, 1.807) is 6.08 Å². The Hall–Kier alpha value is -1.86. The minimum Gasteiger partial charge on any atom is -0.392 e. The van der Waals surface area contributed by atoms with Gasteiger partial charge < -0.3 is 4.74 Å². The van der Waals surface area contributed by atoms with Crippen molar-refractivity contribution in [3.05, 3.63) is 41.2 Å². The van der Waals surface area contributed by atoms with Gasteiger partial charge in [0.05, 0.1) is 5.92 Å². The van der Waals surface area contributed by atoms with Crippen molar-refractivity contribution >= 4 is 11.9 Å². The lowest BCUT2D eigenvalue weighted by Crippen LogP contribution is -2.20. The quantitative estimate of drug-likeness (QED) is 0.320. The van der Waals surface area contributed by atoms with Gasteiger partial charge in [-0.25, -0.2) is 0 Å². The van der Waals surface area contributed by atoms with Gasteiger partial charge in [-0.3, -0.25) is 9.59 Å². The number of hydrogen-bond donors (Lipinski definition) is 0. The van der Waals surface area contributed by atoms with Crippen LogP contribution in [0.1, 0.15) is 0 Å². The molecular weight excluding hydrogens is 180 g/mol.